The molecule has 1 aliphatic heterocycles. The average Bonchev–Trinajstić information content (AvgIpc) is 2.16. The fourth-order valence-electron chi connectivity index (χ4n) is 2.53. The highest BCUT2D eigenvalue weighted by Gasteiger charge is 2.59. The molecule has 2 aliphatic rings. The van der Waals surface area contributed by atoms with E-state index in [1.165, 1.54) is 0 Å². The minimum atomic E-state index is -0.0856. The highest BCUT2D eigenvalue weighted by Crippen LogP contribution is 2.55. The molecular formula is C9H15NO. The van der Waals surface area contributed by atoms with E-state index in [2.05, 4.69) is 26.1 Å². The van der Waals surface area contributed by atoms with Crippen LogP contribution in [0.25, 0.3) is 0 Å². The van der Waals surface area contributed by atoms with Crippen molar-refractivity contribution < 1.29 is 4.79 Å². The molecule has 2 unspecified atom stereocenters. The lowest BCUT2D eigenvalue weighted by molar-refractivity contribution is -0.133. The molecule has 2 nitrogen and oxygen atoms in total. The van der Waals surface area contributed by atoms with Crippen LogP contribution in [-0.4, -0.2) is 11.9 Å². The van der Waals surface area contributed by atoms with Gasteiger partial charge in [0, 0.05) is 6.04 Å². The summed E-state index contributed by atoms with van der Waals surface area (Å²) in [6, 6.07) is 0.461. The third-order valence-electron chi connectivity index (χ3n) is 3.74. The van der Waals surface area contributed by atoms with Gasteiger partial charge in [-0.2, -0.15) is 0 Å². The summed E-state index contributed by atoms with van der Waals surface area (Å²) in [4.78, 5) is 11.5. The van der Waals surface area contributed by atoms with Crippen LogP contribution in [0.3, 0.4) is 0 Å². The topological polar surface area (TPSA) is 29.1 Å². The molecule has 2 heteroatoms. The summed E-state index contributed by atoms with van der Waals surface area (Å²) >= 11 is 0. The second-order valence-electron chi connectivity index (χ2n) is 4.79. The first kappa shape index (κ1) is 7.14. The first-order chi connectivity index (χ1) is 4.96. The van der Waals surface area contributed by atoms with Crippen molar-refractivity contribution in [1.29, 1.82) is 0 Å². The molecule has 2 rings (SSSR count). The zero-order valence-corrected chi connectivity index (χ0v) is 7.40. The van der Waals surface area contributed by atoms with Gasteiger partial charge in [0.25, 0.3) is 0 Å². The Morgan fingerprint density at radius 2 is 2.00 bits per heavy atom. The van der Waals surface area contributed by atoms with E-state index in [4.69, 9.17) is 0 Å². The first-order valence-corrected chi connectivity index (χ1v) is 4.27. The number of fused-ring (bicyclic) bond motifs is 2. The Labute approximate surface area is 67.4 Å². The maximum Gasteiger partial charge on any atom is 0.226 e. The zero-order chi connectivity index (χ0) is 8.28. The Morgan fingerprint density at radius 1 is 1.36 bits per heavy atom. The van der Waals surface area contributed by atoms with Gasteiger partial charge in [-0.05, 0) is 18.3 Å². The normalized spacial score (nSPS) is 46.1. The molecule has 2 atom stereocenters. The second kappa shape index (κ2) is 1.62. The molecule has 0 aromatic carbocycles. The number of rotatable bonds is 0. The Bertz CT molecular complexity index is 222. The lowest BCUT2D eigenvalue weighted by atomic mass is 9.68. The molecule has 0 radical (unpaired) electrons. The van der Waals surface area contributed by atoms with E-state index in [-0.39, 0.29) is 16.7 Å². The van der Waals surface area contributed by atoms with Crippen LogP contribution < -0.4 is 5.32 Å². The van der Waals surface area contributed by atoms with E-state index >= 15 is 0 Å². The summed E-state index contributed by atoms with van der Waals surface area (Å²) in [5.41, 5.74) is 0.123. The number of hydrogen-bond donors (Lipinski definition) is 1. The average molecular weight is 153 g/mol. The molecule has 11 heavy (non-hydrogen) atoms. The van der Waals surface area contributed by atoms with E-state index in [0.29, 0.717) is 6.04 Å². The predicted molar refractivity (Wildman–Crippen MR) is 43.1 cm³/mol. The molecule has 62 valence electrons. The predicted octanol–water partition coefficient (Wildman–Crippen LogP) is 1.31. The van der Waals surface area contributed by atoms with Gasteiger partial charge in [-0.15, -0.1) is 0 Å². The van der Waals surface area contributed by atoms with E-state index in [0.717, 1.165) is 12.8 Å². The number of hydrogen-bond acceptors (Lipinski definition) is 1. The highest BCUT2D eigenvalue weighted by atomic mass is 16.2. The molecule has 1 aliphatic carbocycles. The van der Waals surface area contributed by atoms with Crippen molar-refractivity contribution in [3.63, 3.8) is 0 Å². The minimum absolute atomic E-state index is 0.0856. The molecule has 1 amide bonds. The van der Waals surface area contributed by atoms with Gasteiger partial charge in [0.1, 0.15) is 0 Å². The monoisotopic (exact) mass is 153 g/mol. The van der Waals surface area contributed by atoms with Crippen molar-refractivity contribution in [2.24, 2.45) is 10.8 Å². The van der Waals surface area contributed by atoms with Gasteiger partial charge in [-0.1, -0.05) is 20.8 Å². The SMILES string of the molecule is CC1(C)CC2CC1(C)C(=O)N2. The van der Waals surface area contributed by atoms with Gasteiger partial charge >= 0.3 is 0 Å². The fourth-order valence-corrected chi connectivity index (χ4v) is 2.53. The standard InChI is InChI=1S/C9H15NO/c1-8(2)4-6-5-9(8,3)7(11)10-6/h6H,4-5H2,1-3H3,(H,10,11). The van der Waals surface area contributed by atoms with Gasteiger partial charge in [0.15, 0.2) is 0 Å². The van der Waals surface area contributed by atoms with Gasteiger partial charge in [0.05, 0.1) is 5.41 Å². The van der Waals surface area contributed by atoms with Crippen LogP contribution in [0.15, 0.2) is 0 Å². The van der Waals surface area contributed by atoms with Crippen LogP contribution in [0.4, 0.5) is 0 Å². The largest absolute Gasteiger partial charge is 0.353 e. The number of carbonyl (C=O) groups excluding carboxylic acids is 1. The summed E-state index contributed by atoms with van der Waals surface area (Å²) in [6.07, 6.45) is 2.19. The summed E-state index contributed by atoms with van der Waals surface area (Å²) in [5, 5.41) is 3.01. The van der Waals surface area contributed by atoms with Crippen LogP contribution >= 0.6 is 0 Å². The van der Waals surface area contributed by atoms with Crippen LogP contribution in [0.5, 0.6) is 0 Å². The Hall–Kier alpha value is -0.530. The van der Waals surface area contributed by atoms with Crippen LogP contribution in [-0.2, 0) is 4.79 Å². The third kappa shape index (κ3) is 0.652. The molecule has 2 fully saturated rings. The quantitative estimate of drug-likeness (QED) is 0.558. The van der Waals surface area contributed by atoms with Crippen molar-refractivity contribution >= 4 is 5.91 Å². The Morgan fingerprint density at radius 3 is 2.27 bits per heavy atom. The van der Waals surface area contributed by atoms with Crippen LogP contribution in [0, 0.1) is 10.8 Å². The van der Waals surface area contributed by atoms with E-state index < -0.39 is 0 Å². The zero-order valence-electron chi connectivity index (χ0n) is 7.40. The van der Waals surface area contributed by atoms with Gasteiger partial charge < -0.3 is 5.32 Å². The van der Waals surface area contributed by atoms with E-state index in [9.17, 15) is 4.79 Å². The number of amides is 1. The summed E-state index contributed by atoms with van der Waals surface area (Å²) in [5.74, 6) is 0.263. The molecule has 1 heterocycles. The lowest BCUT2D eigenvalue weighted by Gasteiger charge is -2.37. The van der Waals surface area contributed by atoms with Crippen molar-refractivity contribution in [2.75, 3.05) is 0 Å². The third-order valence-corrected chi connectivity index (χ3v) is 3.74. The van der Waals surface area contributed by atoms with E-state index in [1.54, 1.807) is 0 Å². The highest BCUT2D eigenvalue weighted by molar-refractivity contribution is 5.87. The van der Waals surface area contributed by atoms with Gasteiger partial charge in [-0.3, -0.25) is 4.79 Å². The summed E-state index contributed by atoms with van der Waals surface area (Å²) in [7, 11) is 0. The molecule has 1 saturated carbocycles. The smallest absolute Gasteiger partial charge is 0.226 e. The molecule has 1 N–H and O–H groups in total. The van der Waals surface area contributed by atoms with Crippen molar-refractivity contribution in [1.82, 2.24) is 5.32 Å². The van der Waals surface area contributed by atoms with Crippen LogP contribution in [0.1, 0.15) is 33.6 Å². The second-order valence-corrected chi connectivity index (χ2v) is 4.79. The molecule has 0 aromatic heterocycles. The summed E-state index contributed by atoms with van der Waals surface area (Å²) < 4.78 is 0. The lowest BCUT2D eigenvalue weighted by Crippen LogP contribution is -2.45. The summed E-state index contributed by atoms with van der Waals surface area (Å²) in [6.45, 7) is 6.49. The number of carbonyl (C=O) groups is 1. The Kier molecular flexibility index (Phi) is 1.05. The molecule has 2 bridgehead atoms. The van der Waals surface area contributed by atoms with Crippen molar-refractivity contribution in [3.05, 3.63) is 0 Å². The van der Waals surface area contributed by atoms with Gasteiger partial charge in [-0.25, -0.2) is 0 Å². The first-order valence-electron chi connectivity index (χ1n) is 4.27. The van der Waals surface area contributed by atoms with Crippen molar-refractivity contribution in [3.8, 4) is 0 Å². The molecular weight excluding hydrogens is 138 g/mol. The molecule has 0 spiro atoms. The molecule has 1 saturated heterocycles. The minimum Gasteiger partial charge on any atom is -0.353 e. The van der Waals surface area contributed by atoms with Crippen LogP contribution in [0.2, 0.25) is 0 Å². The maximum atomic E-state index is 11.5. The maximum absolute atomic E-state index is 11.5. The van der Waals surface area contributed by atoms with E-state index in [1.807, 2.05) is 0 Å². The number of piperidine rings is 1. The molecule has 0 aromatic rings. The fraction of sp³-hybridized carbons (Fsp3) is 0.889. The van der Waals surface area contributed by atoms with Gasteiger partial charge in [0.2, 0.25) is 5.91 Å². The number of nitrogens with one attached hydrogen (secondary N) is 1. The Balaban J connectivity index is 2.42. The van der Waals surface area contributed by atoms with Crippen molar-refractivity contribution in [2.45, 2.75) is 39.7 Å².